The summed E-state index contributed by atoms with van der Waals surface area (Å²) in [7, 11) is 0. The molecule has 0 N–H and O–H groups in total. The van der Waals surface area contributed by atoms with E-state index in [1.54, 1.807) is 11.0 Å². The Balaban J connectivity index is 1.91. The van der Waals surface area contributed by atoms with Crippen molar-refractivity contribution in [2.45, 2.75) is 45.3 Å². The minimum absolute atomic E-state index is 0.0255. The van der Waals surface area contributed by atoms with Crippen molar-refractivity contribution in [1.82, 2.24) is 14.9 Å². The number of rotatable bonds is 3. The van der Waals surface area contributed by atoms with Crippen LogP contribution in [0.25, 0.3) is 0 Å². The molecule has 1 amide bonds. The van der Waals surface area contributed by atoms with Crippen LogP contribution < -0.4 is 4.74 Å². The number of hydrogen-bond acceptors (Lipinski definition) is 5. The Hall–Kier alpha value is -1.56. The fraction of sp³-hybridized carbons (Fsp3) is 0.643. The third kappa shape index (κ3) is 4.74. The van der Waals surface area contributed by atoms with Gasteiger partial charge in [-0.2, -0.15) is 4.98 Å². The molecule has 116 valence electrons. The highest BCUT2D eigenvalue weighted by Gasteiger charge is 2.32. The van der Waals surface area contributed by atoms with E-state index >= 15 is 0 Å². The SMILES string of the molecule is CC(C)(C)OC(=O)N1CCC[C@@H]1COc1nccc(Cl)n1. The molecule has 1 atom stereocenters. The van der Waals surface area contributed by atoms with Crippen LogP contribution in [0, 0.1) is 0 Å². The number of carbonyl (C=O) groups excluding carboxylic acids is 1. The van der Waals surface area contributed by atoms with E-state index in [1.165, 1.54) is 6.20 Å². The highest BCUT2D eigenvalue weighted by atomic mass is 35.5. The largest absolute Gasteiger partial charge is 0.461 e. The lowest BCUT2D eigenvalue weighted by Gasteiger charge is -2.28. The average molecular weight is 314 g/mol. The van der Waals surface area contributed by atoms with Gasteiger partial charge in [-0.1, -0.05) is 11.6 Å². The van der Waals surface area contributed by atoms with E-state index in [0.717, 1.165) is 12.8 Å². The number of nitrogens with zero attached hydrogens (tertiary/aromatic N) is 3. The van der Waals surface area contributed by atoms with E-state index in [4.69, 9.17) is 21.1 Å². The lowest BCUT2D eigenvalue weighted by atomic mass is 10.2. The van der Waals surface area contributed by atoms with Gasteiger partial charge in [0, 0.05) is 12.7 Å². The van der Waals surface area contributed by atoms with Crippen LogP contribution in [0.5, 0.6) is 6.01 Å². The van der Waals surface area contributed by atoms with Gasteiger partial charge in [-0.3, -0.25) is 0 Å². The van der Waals surface area contributed by atoms with Gasteiger partial charge in [-0.15, -0.1) is 0 Å². The Morgan fingerprint density at radius 3 is 2.95 bits per heavy atom. The molecule has 6 nitrogen and oxygen atoms in total. The second kappa shape index (κ2) is 6.47. The Morgan fingerprint density at radius 1 is 1.52 bits per heavy atom. The first-order valence-corrected chi connectivity index (χ1v) is 7.34. The minimum atomic E-state index is -0.499. The van der Waals surface area contributed by atoms with Crippen LogP contribution in [-0.2, 0) is 4.74 Å². The molecule has 1 saturated heterocycles. The summed E-state index contributed by atoms with van der Waals surface area (Å²) in [5, 5.41) is 0.329. The summed E-state index contributed by atoms with van der Waals surface area (Å²) >= 11 is 5.78. The van der Waals surface area contributed by atoms with E-state index in [9.17, 15) is 4.79 Å². The maximum atomic E-state index is 12.1. The van der Waals surface area contributed by atoms with E-state index < -0.39 is 5.60 Å². The van der Waals surface area contributed by atoms with Crippen molar-refractivity contribution < 1.29 is 14.3 Å². The number of ether oxygens (including phenoxy) is 2. The summed E-state index contributed by atoms with van der Waals surface area (Å²) in [5.41, 5.74) is -0.499. The standard InChI is InChI=1S/C14H20ClN3O3/c1-14(2,3)21-13(19)18-8-4-5-10(18)9-20-12-16-7-6-11(15)17-12/h6-7,10H,4-5,8-9H2,1-3H3/t10-/m1/s1. The molecule has 1 aliphatic heterocycles. The topological polar surface area (TPSA) is 64.5 Å². The van der Waals surface area contributed by atoms with Gasteiger partial charge in [0.15, 0.2) is 0 Å². The molecule has 1 aliphatic rings. The van der Waals surface area contributed by atoms with Crippen molar-refractivity contribution >= 4 is 17.7 Å². The van der Waals surface area contributed by atoms with E-state index in [0.29, 0.717) is 18.3 Å². The summed E-state index contributed by atoms with van der Waals surface area (Å²) in [4.78, 5) is 21.8. The van der Waals surface area contributed by atoms with Gasteiger partial charge in [0.25, 0.3) is 0 Å². The Morgan fingerprint density at radius 2 is 2.29 bits per heavy atom. The average Bonchev–Trinajstić information content (AvgIpc) is 2.83. The van der Waals surface area contributed by atoms with Crippen molar-refractivity contribution in [1.29, 1.82) is 0 Å². The number of likely N-dealkylation sites (tertiary alicyclic amines) is 1. The van der Waals surface area contributed by atoms with Crippen LogP contribution >= 0.6 is 11.6 Å². The fourth-order valence-electron chi connectivity index (χ4n) is 2.13. The molecule has 1 aromatic heterocycles. The van der Waals surface area contributed by atoms with Crippen molar-refractivity contribution in [2.24, 2.45) is 0 Å². The molecule has 2 rings (SSSR count). The summed E-state index contributed by atoms with van der Waals surface area (Å²) < 4.78 is 10.9. The van der Waals surface area contributed by atoms with Crippen molar-refractivity contribution in [3.63, 3.8) is 0 Å². The highest BCUT2D eigenvalue weighted by molar-refractivity contribution is 6.29. The zero-order valence-corrected chi connectivity index (χ0v) is 13.3. The zero-order chi connectivity index (χ0) is 15.5. The highest BCUT2D eigenvalue weighted by Crippen LogP contribution is 2.21. The van der Waals surface area contributed by atoms with E-state index in [-0.39, 0.29) is 18.1 Å². The van der Waals surface area contributed by atoms with Crippen LogP contribution in [0.1, 0.15) is 33.6 Å². The molecule has 0 radical (unpaired) electrons. The first-order chi connectivity index (χ1) is 9.85. The van der Waals surface area contributed by atoms with Gasteiger partial charge >= 0.3 is 12.1 Å². The number of hydrogen-bond donors (Lipinski definition) is 0. The maximum absolute atomic E-state index is 12.1. The Bertz CT molecular complexity index is 504. The fourth-order valence-corrected chi connectivity index (χ4v) is 2.26. The van der Waals surface area contributed by atoms with Crippen molar-refractivity contribution in [3.05, 3.63) is 17.4 Å². The first kappa shape index (κ1) is 15.8. The summed E-state index contributed by atoms with van der Waals surface area (Å²) in [6.45, 7) is 6.57. The monoisotopic (exact) mass is 313 g/mol. The molecule has 2 heterocycles. The van der Waals surface area contributed by atoms with Crippen LogP contribution in [0.2, 0.25) is 5.15 Å². The molecule has 0 saturated carbocycles. The second-order valence-corrected chi connectivity index (χ2v) is 6.33. The summed E-state index contributed by atoms with van der Waals surface area (Å²) in [5.74, 6) is 0. The van der Waals surface area contributed by atoms with Gasteiger partial charge in [0.05, 0.1) is 6.04 Å². The van der Waals surface area contributed by atoms with Gasteiger partial charge in [-0.05, 0) is 39.7 Å². The smallest absolute Gasteiger partial charge is 0.410 e. The number of halogens is 1. The third-order valence-corrected chi connectivity index (χ3v) is 3.22. The van der Waals surface area contributed by atoms with Crippen LogP contribution in [-0.4, -0.2) is 45.8 Å². The van der Waals surface area contributed by atoms with Crippen LogP contribution in [0.4, 0.5) is 4.79 Å². The van der Waals surface area contributed by atoms with E-state index in [2.05, 4.69) is 9.97 Å². The lowest BCUT2D eigenvalue weighted by Crippen LogP contribution is -2.42. The lowest BCUT2D eigenvalue weighted by molar-refractivity contribution is 0.0184. The van der Waals surface area contributed by atoms with Gasteiger partial charge in [-0.25, -0.2) is 9.78 Å². The van der Waals surface area contributed by atoms with Crippen molar-refractivity contribution in [3.8, 4) is 6.01 Å². The Kier molecular flexibility index (Phi) is 4.88. The predicted octanol–water partition coefficient (Wildman–Crippen LogP) is 2.91. The molecule has 0 aromatic carbocycles. The third-order valence-electron chi connectivity index (χ3n) is 3.01. The molecular weight excluding hydrogens is 294 g/mol. The van der Waals surface area contributed by atoms with Crippen LogP contribution in [0.15, 0.2) is 12.3 Å². The van der Waals surface area contributed by atoms with E-state index in [1.807, 2.05) is 20.8 Å². The van der Waals surface area contributed by atoms with Crippen molar-refractivity contribution in [2.75, 3.05) is 13.2 Å². The summed E-state index contributed by atoms with van der Waals surface area (Å²) in [6, 6.07) is 1.78. The van der Waals surface area contributed by atoms with Gasteiger partial charge in [0.1, 0.15) is 17.4 Å². The molecule has 7 heteroatoms. The molecule has 0 aliphatic carbocycles. The predicted molar refractivity (Wildman–Crippen MR) is 78.5 cm³/mol. The molecule has 1 fully saturated rings. The zero-order valence-electron chi connectivity index (χ0n) is 12.5. The number of aromatic nitrogens is 2. The summed E-state index contributed by atoms with van der Waals surface area (Å²) in [6.07, 6.45) is 3.04. The molecule has 1 aromatic rings. The quantitative estimate of drug-likeness (QED) is 0.803. The maximum Gasteiger partial charge on any atom is 0.410 e. The molecular formula is C14H20ClN3O3. The first-order valence-electron chi connectivity index (χ1n) is 6.96. The second-order valence-electron chi connectivity index (χ2n) is 5.94. The van der Waals surface area contributed by atoms with Crippen LogP contribution in [0.3, 0.4) is 0 Å². The minimum Gasteiger partial charge on any atom is -0.461 e. The molecule has 0 unspecified atom stereocenters. The normalized spacial score (nSPS) is 18.7. The number of carbonyl (C=O) groups is 1. The Labute approximate surface area is 129 Å². The van der Waals surface area contributed by atoms with Gasteiger partial charge in [0.2, 0.25) is 0 Å². The molecule has 21 heavy (non-hydrogen) atoms. The molecule has 0 bridgehead atoms. The molecule has 0 spiro atoms. The van der Waals surface area contributed by atoms with Gasteiger partial charge < -0.3 is 14.4 Å². The number of amides is 1.